The predicted molar refractivity (Wildman–Crippen MR) is 105 cm³/mol. The van der Waals surface area contributed by atoms with Gasteiger partial charge in [0.15, 0.2) is 17.4 Å². The molecule has 0 saturated heterocycles. The van der Waals surface area contributed by atoms with Crippen molar-refractivity contribution in [3.05, 3.63) is 46.9 Å². The summed E-state index contributed by atoms with van der Waals surface area (Å²) < 4.78 is 35.3. The molecule has 0 fully saturated rings. The highest BCUT2D eigenvalue weighted by Crippen LogP contribution is 2.35. The van der Waals surface area contributed by atoms with Crippen molar-refractivity contribution in [2.45, 2.75) is 4.90 Å². The molecule has 136 valence electrons. The summed E-state index contributed by atoms with van der Waals surface area (Å²) in [6.07, 6.45) is 0. The quantitative estimate of drug-likeness (QED) is 0.420. The summed E-state index contributed by atoms with van der Waals surface area (Å²) in [4.78, 5) is -0.228. The number of aromatic hydroxyl groups is 1. The maximum atomic E-state index is 12.0. The van der Waals surface area contributed by atoms with E-state index in [1.54, 1.807) is 6.07 Å². The molecule has 0 unspecified atom stereocenters. The minimum absolute atomic E-state index is 0.198. The molecule has 0 aliphatic rings. The predicted octanol–water partition coefficient (Wildman–Crippen LogP) is 3.40. The number of halogens is 1. The maximum absolute atomic E-state index is 12.0. The molecule has 8 nitrogen and oxygen atoms in total. The number of benzene rings is 2. The molecular formula is C15H14BrN5O3S2. The highest BCUT2D eigenvalue weighted by Gasteiger charge is 2.20. The number of para-hydroxylation sites is 2. The van der Waals surface area contributed by atoms with Crippen molar-refractivity contribution in [3.8, 4) is 5.75 Å². The van der Waals surface area contributed by atoms with Crippen LogP contribution >= 0.6 is 27.7 Å². The molecular weight excluding hydrogens is 442 g/mol. The van der Waals surface area contributed by atoms with Gasteiger partial charge in [0, 0.05) is 4.47 Å². The van der Waals surface area contributed by atoms with Gasteiger partial charge in [-0.2, -0.15) is 8.75 Å². The van der Waals surface area contributed by atoms with Crippen LogP contribution in [0.2, 0.25) is 0 Å². The Kier molecular flexibility index (Phi) is 5.41. The Labute approximate surface area is 162 Å². The highest BCUT2D eigenvalue weighted by molar-refractivity contribution is 9.10. The summed E-state index contributed by atoms with van der Waals surface area (Å²) >= 11 is 4.42. The van der Waals surface area contributed by atoms with Crippen LogP contribution in [0, 0.1) is 0 Å². The normalized spacial score (nSPS) is 11.3. The zero-order chi connectivity index (χ0) is 18.7. The van der Waals surface area contributed by atoms with Gasteiger partial charge >= 0.3 is 0 Å². The van der Waals surface area contributed by atoms with E-state index in [0.717, 1.165) is 21.9 Å². The summed E-state index contributed by atoms with van der Waals surface area (Å²) in [5.41, 5.74) is 0.989. The molecule has 0 bridgehead atoms. The Bertz CT molecular complexity index is 1040. The zero-order valence-corrected chi connectivity index (χ0v) is 16.6. The summed E-state index contributed by atoms with van der Waals surface area (Å²) in [6.45, 7) is 0. The largest absolute Gasteiger partial charge is 0.504 e. The van der Waals surface area contributed by atoms with E-state index in [-0.39, 0.29) is 10.6 Å². The number of aromatic nitrogens is 2. The standard InChI is InChI=1S/C15H14BrN5O3S2/c1-17-26(23,24)12-8-4-7-11(13(12)22)19-15-14(20-25-21-15)18-10-6-3-2-5-9(10)16/h2-8,17,22H,1H3,(H,18,20)(H,19,21). The first kappa shape index (κ1) is 18.6. The van der Waals surface area contributed by atoms with Gasteiger partial charge < -0.3 is 15.7 Å². The topological polar surface area (TPSA) is 116 Å². The molecule has 0 radical (unpaired) electrons. The molecule has 1 heterocycles. The van der Waals surface area contributed by atoms with Crippen molar-refractivity contribution in [2.75, 3.05) is 17.7 Å². The maximum Gasteiger partial charge on any atom is 0.244 e. The van der Waals surface area contributed by atoms with Gasteiger partial charge in [0.2, 0.25) is 10.0 Å². The second-order valence-electron chi connectivity index (χ2n) is 5.05. The number of hydrogen-bond acceptors (Lipinski definition) is 8. The van der Waals surface area contributed by atoms with E-state index in [0.29, 0.717) is 11.6 Å². The van der Waals surface area contributed by atoms with Crippen molar-refractivity contribution in [1.29, 1.82) is 0 Å². The number of phenolic OH excluding ortho intramolecular Hbond substituents is 1. The van der Waals surface area contributed by atoms with E-state index in [4.69, 9.17) is 0 Å². The van der Waals surface area contributed by atoms with Gasteiger partial charge in [0.1, 0.15) is 4.90 Å². The van der Waals surface area contributed by atoms with Gasteiger partial charge in [-0.25, -0.2) is 13.1 Å². The Hall–Kier alpha value is -2.21. The third kappa shape index (κ3) is 3.80. The Morgan fingerprint density at radius 2 is 1.62 bits per heavy atom. The van der Waals surface area contributed by atoms with E-state index < -0.39 is 15.8 Å². The van der Waals surface area contributed by atoms with Crippen molar-refractivity contribution in [3.63, 3.8) is 0 Å². The fraction of sp³-hybridized carbons (Fsp3) is 0.0667. The summed E-state index contributed by atoms with van der Waals surface area (Å²) in [7, 11) is -2.51. The SMILES string of the molecule is CNS(=O)(=O)c1cccc(Nc2nsnc2Nc2ccccc2Br)c1O. The molecule has 2 aromatic carbocycles. The summed E-state index contributed by atoms with van der Waals surface area (Å²) in [5, 5.41) is 16.4. The van der Waals surface area contributed by atoms with Gasteiger partial charge in [0.25, 0.3) is 0 Å². The van der Waals surface area contributed by atoms with Crippen LogP contribution in [0.15, 0.2) is 51.8 Å². The molecule has 1 aromatic heterocycles. The first-order valence-electron chi connectivity index (χ1n) is 7.29. The van der Waals surface area contributed by atoms with Crippen LogP contribution in [0.3, 0.4) is 0 Å². The van der Waals surface area contributed by atoms with Gasteiger partial charge in [-0.3, -0.25) is 0 Å². The van der Waals surface area contributed by atoms with E-state index in [1.165, 1.54) is 19.2 Å². The second kappa shape index (κ2) is 7.58. The number of nitrogens with zero attached hydrogens (tertiary/aromatic N) is 2. The lowest BCUT2D eigenvalue weighted by molar-refractivity contribution is 0.460. The highest BCUT2D eigenvalue weighted by atomic mass is 79.9. The molecule has 0 atom stereocenters. The monoisotopic (exact) mass is 455 g/mol. The van der Waals surface area contributed by atoms with Gasteiger partial charge in [-0.05, 0) is 47.2 Å². The van der Waals surface area contributed by atoms with E-state index in [1.807, 2.05) is 24.3 Å². The van der Waals surface area contributed by atoms with Crippen LogP contribution in [0.5, 0.6) is 5.75 Å². The van der Waals surface area contributed by atoms with Gasteiger partial charge in [0.05, 0.1) is 23.1 Å². The minimum atomic E-state index is -3.79. The second-order valence-corrected chi connectivity index (χ2v) is 8.29. The van der Waals surface area contributed by atoms with Crippen molar-refractivity contribution >= 4 is 60.7 Å². The molecule has 3 rings (SSSR count). The molecule has 4 N–H and O–H groups in total. The number of phenols is 1. The first-order valence-corrected chi connectivity index (χ1v) is 10.3. The fourth-order valence-electron chi connectivity index (χ4n) is 2.12. The molecule has 0 spiro atoms. The smallest absolute Gasteiger partial charge is 0.244 e. The number of nitrogens with one attached hydrogen (secondary N) is 3. The number of anilines is 4. The third-order valence-corrected chi connectivity index (χ3v) is 6.09. The van der Waals surface area contributed by atoms with Crippen molar-refractivity contribution in [2.24, 2.45) is 0 Å². The number of hydrogen-bond donors (Lipinski definition) is 4. The summed E-state index contributed by atoms with van der Waals surface area (Å²) in [6, 6.07) is 11.9. The lowest BCUT2D eigenvalue weighted by Crippen LogP contribution is -2.18. The van der Waals surface area contributed by atoms with Crippen molar-refractivity contribution < 1.29 is 13.5 Å². The molecule has 0 saturated carbocycles. The van der Waals surface area contributed by atoms with Crippen LogP contribution < -0.4 is 15.4 Å². The molecule has 26 heavy (non-hydrogen) atoms. The number of rotatable bonds is 6. The van der Waals surface area contributed by atoms with Crippen LogP contribution in [-0.4, -0.2) is 29.3 Å². The Morgan fingerprint density at radius 1 is 1.00 bits per heavy atom. The minimum Gasteiger partial charge on any atom is -0.504 e. The Balaban J connectivity index is 1.91. The van der Waals surface area contributed by atoms with Crippen LogP contribution in [0.1, 0.15) is 0 Å². The lowest BCUT2D eigenvalue weighted by Gasteiger charge is -2.12. The Morgan fingerprint density at radius 3 is 2.27 bits per heavy atom. The molecule has 0 aliphatic heterocycles. The summed E-state index contributed by atoms with van der Waals surface area (Å²) in [5.74, 6) is 0.407. The molecule has 3 aromatic rings. The molecule has 11 heteroatoms. The van der Waals surface area contributed by atoms with Crippen LogP contribution in [0.4, 0.5) is 23.0 Å². The fourth-order valence-corrected chi connectivity index (χ4v) is 3.81. The average molecular weight is 456 g/mol. The third-order valence-electron chi connectivity index (χ3n) is 3.43. The van der Waals surface area contributed by atoms with E-state index in [9.17, 15) is 13.5 Å². The van der Waals surface area contributed by atoms with Gasteiger partial charge in [-0.15, -0.1) is 0 Å². The number of sulfonamides is 1. The van der Waals surface area contributed by atoms with E-state index >= 15 is 0 Å². The molecule has 0 aliphatic carbocycles. The van der Waals surface area contributed by atoms with Gasteiger partial charge in [-0.1, -0.05) is 18.2 Å². The molecule has 0 amide bonds. The van der Waals surface area contributed by atoms with Crippen LogP contribution in [0.25, 0.3) is 0 Å². The lowest BCUT2D eigenvalue weighted by atomic mass is 10.3. The van der Waals surface area contributed by atoms with Crippen molar-refractivity contribution in [1.82, 2.24) is 13.5 Å². The zero-order valence-electron chi connectivity index (χ0n) is 13.4. The van der Waals surface area contributed by atoms with E-state index in [2.05, 4.69) is 40.0 Å². The first-order chi connectivity index (χ1) is 12.4. The average Bonchev–Trinajstić information content (AvgIpc) is 3.05. The van der Waals surface area contributed by atoms with Crippen LogP contribution in [-0.2, 0) is 10.0 Å².